The molecule has 0 spiro atoms. The van der Waals surface area contributed by atoms with Gasteiger partial charge >= 0.3 is 6.09 Å². The molecule has 2 saturated heterocycles. The van der Waals surface area contributed by atoms with Gasteiger partial charge in [-0.3, -0.25) is 24.5 Å². The van der Waals surface area contributed by atoms with Crippen molar-refractivity contribution in [2.24, 2.45) is 7.05 Å². The Morgan fingerprint density at radius 1 is 1.00 bits per heavy atom. The number of fused-ring (bicyclic) bond motifs is 1. The van der Waals surface area contributed by atoms with Crippen molar-refractivity contribution in [2.75, 3.05) is 26.7 Å². The van der Waals surface area contributed by atoms with E-state index in [4.69, 9.17) is 42.6 Å². The van der Waals surface area contributed by atoms with Gasteiger partial charge in [0.2, 0.25) is 17.7 Å². The maximum Gasteiger partial charge on any atom is 0.410 e. The number of aromatic nitrogens is 4. The number of nitrogens with zero attached hydrogens (tertiary/aromatic N) is 6. The maximum atomic E-state index is 13.3. The van der Waals surface area contributed by atoms with E-state index in [0.717, 1.165) is 54.6 Å². The van der Waals surface area contributed by atoms with Gasteiger partial charge in [-0.2, -0.15) is 0 Å². The highest BCUT2D eigenvalue weighted by atomic mass is 35.5. The Bertz CT molecular complexity index is 2390. The molecule has 0 bridgehead atoms. The highest BCUT2D eigenvalue weighted by Gasteiger charge is 2.30. The summed E-state index contributed by atoms with van der Waals surface area (Å²) in [6, 6.07) is 13.4. The molecule has 310 valence electrons. The molecule has 0 radical (unpaired) electrons. The first-order chi connectivity index (χ1) is 28.2. The number of hydrogen-bond acceptors (Lipinski definition) is 9. The molecule has 13 nitrogen and oxygen atoms in total. The van der Waals surface area contributed by atoms with Crippen molar-refractivity contribution in [1.82, 2.24) is 40.0 Å². The van der Waals surface area contributed by atoms with Crippen LogP contribution in [0.15, 0.2) is 61.1 Å². The minimum absolute atomic E-state index is 0.0197. The third-order valence-corrected chi connectivity index (χ3v) is 11.5. The fraction of sp³-hybridized carbons (Fsp3) is 0.409. The van der Waals surface area contributed by atoms with Crippen LogP contribution in [0.5, 0.6) is 5.88 Å². The van der Waals surface area contributed by atoms with Crippen LogP contribution in [0.25, 0.3) is 44.7 Å². The van der Waals surface area contributed by atoms with Crippen LogP contribution >= 0.6 is 23.2 Å². The second kappa shape index (κ2) is 17.5. The molecule has 2 fully saturated rings. The number of nitrogens with one attached hydrogen (secondary N) is 2. The van der Waals surface area contributed by atoms with Gasteiger partial charge in [0.1, 0.15) is 5.60 Å². The smallest absolute Gasteiger partial charge is 0.410 e. The monoisotopic (exact) mass is 840 g/mol. The van der Waals surface area contributed by atoms with Gasteiger partial charge in [0.15, 0.2) is 0 Å². The molecule has 3 amide bonds. The molecule has 59 heavy (non-hydrogen) atoms. The topological polar surface area (TPSA) is 144 Å². The lowest BCUT2D eigenvalue weighted by Crippen LogP contribution is -2.43. The first-order valence-electron chi connectivity index (χ1n) is 19.9. The number of piperidine rings is 1. The van der Waals surface area contributed by atoms with Crippen LogP contribution in [-0.4, -0.2) is 91.7 Å². The average molecular weight is 842 g/mol. The van der Waals surface area contributed by atoms with Gasteiger partial charge in [0, 0.05) is 111 Å². The van der Waals surface area contributed by atoms with Crippen molar-refractivity contribution in [2.45, 2.75) is 84.2 Å². The summed E-state index contributed by atoms with van der Waals surface area (Å²) in [5.74, 6) is 0.317. The first kappa shape index (κ1) is 41.9. The molecule has 4 aromatic heterocycles. The van der Waals surface area contributed by atoms with E-state index in [-0.39, 0.29) is 37.0 Å². The van der Waals surface area contributed by atoms with E-state index in [2.05, 4.69) is 37.3 Å². The molecule has 0 aliphatic carbocycles. The molecular formula is C44H50Cl2N8O5. The summed E-state index contributed by atoms with van der Waals surface area (Å²) in [6.07, 6.45) is 8.06. The zero-order valence-electron chi connectivity index (χ0n) is 34.3. The van der Waals surface area contributed by atoms with Crippen molar-refractivity contribution < 1.29 is 23.9 Å². The number of carbonyl (C=O) groups is 3. The molecule has 7 rings (SSSR count). The number of pyridine rings is 3. The Morgan fingerprint density at radius 3 is 2.44 bits per heavy atom. The van der Waals surface area contributed by atoms with Crippen LogP contribution < -0.4 is 15.4 Å². The van der Waals surface area contributed by atoms with Gasteiger partial charge < -0.3 is 29.6 Å². The number of carbonyl (C=O) groups excluding carboxylic acids is 3. The summed E-state index contributed by atoms with van der Waals surface area (Å²) in [5.41, 5.74) is 7.00. The minimum Gasteiger partial charge on any atom is -0.481 e. The van der Waals surface area contributed by atoms with E-state index in [1.807, 2.05) is 70.4 Å². The average Bonchev–Trinajstić information content (AvgIpc) is 3.75. The van der Waals surface area contributed by atoms with Crippen LogP contribution in [0.2, 0.25) is 10.0 Å². The van der Waals surface area contributed by atoms with E-state index in [9.17, 15) is 14.4 Å². The number of hydrogen-bond donors (Lipinski definition) is 2. The fourth-order valence-corrected chi connectivity index (χ4v) is 8.51. The Hall–Kier alpha value is -5.24. The van der Waals surface area contributed by atoms with E-state index in [1.54, 1.807) is 18.0 Å². The zero-order chi connectivity index (χ0) is 42.0. The summed E-state index contributed by atoms with van der Waals surface area (Å²) in [6.45, 7) is 10.0. The van der Waals surface area contributed by atoms with E-state index >= 15 is 0 Å². The Balaban J connectivity index is 1.13. The Morgan fingerprint density at radius 2 is 1.75 bits per heavy atom. The highest BCUT2D eigenvalue weighted by molar-refractivity contribution is 6.39. The molecule has 5 aromatic rings. The summed E-state index contributed by atoms with van der Waals surface area (Å²) in [5, 5.41) is 6.87. The quantitative estimate of drug-likeness (QED) is 0.136. The van der Waals surface area contributed by atoms with Gasteiger partial charge in [-0.25, -0.2) is 9.78 Å². The van der Waals surface area contributed by atoms with Crippen LogP contribution in [0.3, 0.4) is 0 Å². The van der Waals surface area contributed by atoms with E-state index in [1.165, 1.54) is 7.11 Å². The Kier molecular flexibility index (Phi) is 12.5. The van der Waals surface area contributed by atoms with Crippen molar-refractivity contribution >= 4 is 52.1 Å². The fourth-order valence-electron chi connectivity index (χ4n) is 7.87. The normalized spacial score (nSPS) is 16.3. The van der Waals surface area contributed by atoms with Gasteiger partial charge in [-0.15, -0.1) is 0 Å². The number of amides is 3. The number of ether oxygens (including phenoxy) is 2. The van der Waals surface area contributed by atoms with E-state index in [0.29, 0.717) is 62.4 Å². The lowest BCUT2D eigenvalue weighted by atomic mass is 9.99. The second-order valence-electron chi connectivity index (χ2n) is 16.3. The number of halogens is 2. The van der Waals surface area contributed by atoms with E-state index < -0.39 is 11.7 Å². The number of methoxy groups -OCH3 is 1. The van der Waals surface area contributed by atoms with Gasteiger partial charge in [0.25, 0.3) is 0 Å². The predicted molar refractivity (Wildman–Crippen MR) is 229 cm³/mol. The number of aryl methyl sites for hydroxylation is 1. The Labute approximate surface area is 354 Å². The van der Waals surface area contributed by atoms with Crippen molar-refractivity contribution in [3.8, 4) is 39.5 Å². The third kappa shape index (κ3) is 9.64. The van der Waals surface area contributed by atoms with Crippen molar-refractivity contribution in [3.63, 3.8) is 0 Å². The summed E-state index contributed by atoms with van der Waals surface area (Å²) >= 11 is 14.4. The molecular weight excluding hydrogens is 791 g/mol. The third-order valence-electron chi connectivity index (χ3n) is 10.7. The van der Waals surface area contributed by atoms with Crippen molar-refractivity contribution in [3.05, 3.63) is 82.2 Å². The maximum absolute atomic E-state index is 13.3. The minimum atomic E-state index is -0.702. The standard InChI is InChI=1S/C44H50Cl2N8O5/c1-26(55)49-30-15-18-53(19-16-30)23-29-22-52(5)36-20-28(21-48-40(29)36)41-39(46)33(14-17-47-41)32-8-7-9-34(38(32)45)35-12-10-27(42(51-35)58-6)24-54(43(57)59-44(2,3)4)25-31-11-13-37(56)50-31/h7-10,12,14,17,20-22,30-31H,11,13,15-16,18-19,23-25H2,1-6H3,(H,49,55)(H,50,56)/t31-/m0/s1. The van der Waals surface area contributed by atoms with Crippen LogP contribution in [0.1, 0.15) is 64.5 Å². The van der Waals surface area contributed by atoms with Gasteiger partial charge in [0.05, 0.1) is 46.1 Å². The lowest BCUT2D eigenvalue weighted by molar-refractivity contribution is -0.120. The predicted octanol–water partition coefficient (Wildman–Crippen LogP) is 7.80. The molecule has 6 heterocycles. The molecule has 0 unspecified atom stereocenters. The van der Waals surface area contributed by atoms with Gasteiger partial charge in [-0.05, 0) is 64.3 Å². The summed E-state index contributed by atoms with van der Waals surface area (Å²) < 4.78 is 13.6. The highest BCUT2D eigenvalue weighted by Crippen LogP contribution is 2.42. The molecule has 1 atom stereocenters. The number of likely N-dealkylation sites (tertiary alicyclic amines) is 1. The molecule has 15 heteroatoms. The molecule has 2 aliphatic heterocycles. The van der Waals surface area contributed by atoms with Gasteiger partial charge in [-0.1, -0.05) is 41.4 Å². The zero-order valence-corrected chi connectivity index (χ0v) is 35.8. The van der Waals surface area contributed by atoms with Crippen molar-refractivity contribution in [1.29, 1.82) is 0 Å². The second-order valence-corrected chi connectivity index (χ2v) is 17.1. The molecule has 2 N–H and O–H groups in total. The van der Waals surface area contributed by atoms with Crippen LogP contribution in [0.4, 0.5) is 4.79 Å². The summed E-state index contributed by atoms with van der Waals surface area (Å²) in [7, 11) is 3.55. The lowest BCUT2D eigenvalue weighted by Gasteiger charge is -2.31. The van der Waals surface area contributed by atoms with Crippen LogP contribution in [-0.2, 0) is 34.5 Å². The molecule has 2 aliphatic rings. The SMILES string of the molecule is COc1nc(-c2cccc(-c3ccnc(-c4cnc5c(CN6CCC(NC(C)=O)CC6)cn(C)c5c4)c3Cl)c2Cl)ccc1CN(C[C@@H]1CCC(=O)N1)C(=O)OC(C)(C)C. The number of benzene rings is 1. The number of rotatable bonds is 11. The van der Waals surface area contributed by atoms with Crippen LogP contribution in [0, 0.1) is 0 Å². The molecule has 1 aromatic carbocycles. The largest absolute Gasteiger partial charge is 0.481 e. The summed E-state index contributed by atoms with van der Waals surface area (Å²) in [4.78, 5) is 55.2. The first-order valence-corrected chi connectivity index (χ1v) is 20.6. The molecule has 0 saturated carbocycles.